The van der Waals surface area contributed by atoms with Gasteiger partial charge in [-0.15, -0.1) is 6.42 Å². The molecule has 4 heteroatoms. The quantitative estimate of drug-likeness (QED) is 0.463. The first kappa shape index (κ1) is 16.3. The zero-order valence-electron chi connectivity index (χ0n) is 12.6. The van der Waals surface area contributed by atoms with E-state index in [1.165, 1.54) is 25.3 Å². The molecule has 0 amide bonds. The SMILES string of the molecule is C#CCOc1ccc(C(=O)/C=C/c2ccc(F)cc2)cc1OC. The van der Waals surface area contributed by atoms with Crippen molar-refractivity contribution in [2.75, 3.05) is 13.7 Å². The molecule has 0 N–H and O–H groups in total. The lowest BCUT2D eigenvalue weighted by Crippen LogP contribution is -2.00. The van der Waals surface area contributed by atoms with Gasteiger partial charge in [0.1, 0.15) is 12.4 Å². The molecule has 2 aromatic carbocycles. The van der Waals surface area contributed by atoms with Gasteiger partial charge in [0, 0.05) is 5.56 Å². The van der Waals surface area contributed by atoms with Gasteiger partial charge >= 0.3 is 0 Å². The number of rotatable bonds is 6. The Morgan fingerprint density at radius 3 is 2.61 bits per heavy atom. The van der Waals surface area contributed by atoms with Crippen molar-refractivity contribution in [1.82, 2.24) is 0 Å². The van der Waals surface area contributed by atoms with Crippen LogP contribution in [0.3, 0.4) is 0 Å². The lowest BCUT2D eigenvalue weighted by Gasteiger charge is -2.09. The molecule has 0 aliphatic rings. The number of terminal acetylenes is 1. The molecule has 23 heavy (non-hydrogen) atoms. The summed E-state index contributed by atoms with van der Waals surface area (Å²) in [4.78, 5) is 12.2. The van der Waals surface area contributed by atoms with Crippen LogP contribution in [-0.4, -0.2) is 19.5 Å². The molecule has 0 saturated carbocycles. The van der Waals surface area contributed by atoms with E-state index in [1.54, 1.807) is 36.4 Å². The zero-order valence-corrected chi connectivity index (χ0v) is 12.6. The maximum absolute atomic E-state index is 12.8. The fourth-order valence-corrected chi connectivity index (χ4v) is 1.90. The number of methoxy groups -OCH3 is 1. The van der Waals surface area contributed by atoms with Crippen molar-refractivity contribution >= 4 is 11.9 Å². The third-order valence-corrected chi connectivity index (χ3v) is 3.06. The van der Waals surface area contributed by atoms with Gasteiger partial charge in [-0.05, 0) is 42.0 Å². The van der Waals surface area contributed by atoms with Gasteiger partial charge < -0.3 is 9.47 Å². The minimum absolute atomic E-state index is 0.119. The van der Waals surface area contributed by atoms with Crippen LogP contribution in [0.2, 0.25) is 0 Å². The second-order valence-electron chi connectivity index (χ2n) is 4.61. The molecule has 0 aliphatic heterocycles. The third kappa shape index (κ3) is 4.45. The molecular weight excluding hydrogens is 295 g/mol. The minimum Gasteiger partial charge on any atom is -0.493 e. The maximum Gasteiger partial charge on any atom is 0.185 e. The summed E-state index contributed by atoms with van der Waals surface area (Å²) in [6.45, 7) is 0.119. The molecule has 2 rings (SSSR count). The summed E-state index contributed by atoms with van der Waals surface area (Å²) in [6, 6.07) is 10.7. The predicted octanol–water partition coefficient (Wildman–Crippen LogP) is 3.74. The van der Waals surface area contributed by atoms with E-state index in [2.05, 4.69) is 5.92 Å². The van der Waals surface area contributed by atoms with Gasteiger partial charge in [0.15, 0.2) is 17.3 Å². The van der Waals surface area contributed by atoms with Gasteiger partial charge in [0.25, 0.3) is 0 Å². The van der Waals surface area contributed by atoms with Crippen molar-refractivity contribution < 1.29 is 18.7 Å². The van der Waals surface area contributed by atoms with E-state index in [1.807, 2.05) is 0 Å². The van der Waals surface area contributed by atoms with Gasteiger partial charge in [-0.3, -0.25) is 4.79 Å². The largest absolute Gasteiger partial charge is 0.493 e. The molecule has 0 aliphatic carbocycles. The fraction of sp³-hybridized carbons (Fsp3) is 0.105. The topological polar surface area (TPSA) is 35.5 Å². The number of carbonyl (C=O) groups is 1. The first-order chi connectivity index (χ1) is 11.1. The Morgan fingerprint density at radius 2 is 1.96 bits per heavy atom. The van der Waals surface area contributed by atoms with E-state index in [0.29, 0.717) is 17.1 Å². The number of halogens is 1. The summed E-state index contributed by atoms with van der Waals surface area (Å²) in [5.41, 5.74) is 1.19. The van der Waals surface area contributed by atoms with Crippen LogP contribution in [0, 0.1) is 18.2 Å². The summed E-state index contributed by atoms with van der Waals surface area (Å²) in [6.07, 6.45) is 8.19. The second-order valence-corrected chi connectivity index (χ2v) is 4.61. The third-order valence-electron chi connectivity index (χ3n) is 3.06. The molecule has 0 atom stereocenters. The van der Waals surface area contributed by atoms with Crippen LogP contribution >= 0.6 is 0 Å². The van der Waals surface area contributed by atoms with Crippen molar-refractivity contribution in [3.8, 4) is 23.8 Å². The van der Waals surface area contributed by atoms with E-state index < -0.39 is 0 Å². The highest BCUT2D eigenvalue weighted by molar-refractivity contribution is 6.07. The number of benzene rings is 2. The number of ketones is 1. The van der Waals surface area contributed by atoms with Crippen LogP contribution in [0.25, 0.3) is 6.08 Å². The van der Waals surface area contributed by atoms with E-state index in [9.17, 15) is 9.18 Å². The van der Waals surface area contributed by atoms with Gasteiger partial charge in [0.2, 0.25) is 0 Å². The summed E-state index contributed by atoms with van der Waals surface area (Å²) in [7, 11) is 1.49. The second kappa shape index (κ2) is 7.81. The van der Waals surface area contributed by atoms with E-state index in [4.69, 9.17) is 15.9 Å². The first-order valence-electron chi connectivity index (χ1n) is 6.86. The molecule has 0 heterocycles. The van der Waals surface area contributed by atoms with Crippen LogP contribution in [0.5, 0.6) is 11.5 Å². The molecule has 116 valence electrons. The highest BCUT2D eigenvalue weighted by atomic mass is 19.1. The average Bonchev–Trinajstić information content (AvgIpc) is 2.59. The van der Waals surface area contributed by atoms with Crippen LogP contribution < -0.4 is 9.47 Å². The summed E-state index contributed by atoms with van der Waals surface area (Å²) in [5, 5.41) is 0. The Morgan fingerprint density at radius 1 is 1.22 bits per heavy atom. The molecule has 0 saturated heterocycles. The monoisotopic (exact) mass is 310 g/mol. The molecule has 0 aromatic heterocycles. The molecule has 2 aromatic rings. The van der Waals surface area contributed by atoms with E-state index >= 15 is 0 Å². The maximum atomic E-state index is 12.8. The van der Waals surface area contributed by atoms with Gasteiger partial charge in [-0.1, -0.05) is 24.1 Å². The Bertz CT molecular complexity index is 755. The van der Waals surface area contributed by atoms with Crippen molar-refractivity contribution in [3.05, 3.63) is 65.5 Å². The van der Waals surface area contributed by atoms with Crippen molar-refractivity contribution in [2.24, 2.45) is 0 Å². The number of hydrogen-bond donors (Lipinski definition) is 0. The lowest BCUT2D eigenvalue weighted by atomic mass is 10.1. The van der Waals surface area contributed by atoms with Crippen LogP contribution in [0.15, 0.2) is 48.5 Å². The highest BCUT2D eigenvalue weighted by Crippen LogP contribution is 2.28. The Balaban J connectivity index is 2.15. The summed E-state index contributed by atoms with van der Waals surface area (Å²) >= 11 is 0. The number of hydrogen-bond acceptors (Lipinski definition) is 3. The molecule has 0 bridgehead atoms. The van der Waals surface area contributed by atoms with E-state index in [-0.39, 0.29) is 18.2 Å². The summed E-state index contributed by atoms with van der Waals surface area (Å²) < 4.78 is 23.4. The normalized spacial score (nSPS) is 10.3. The molecule has 3 nitrogen and oxygen atoms in total. The lowest BCUT2D eigenvalue weighted by molar-refractivity contribution is 0.104. The smallest absolute Gasteiger partial charge is 0.185 e. The van der Waals surface area contributed by atoms with Crippen LogP contribution in [0.1, 0.15) is 15.9 Å². The fourth-order valence-electron chi connectivity index (χ4n) is 1.90. The van der Waals surface area contributed by atoms with Crippen LogP contribution in [0.4, 0.5) is 4.39 Å². The number of carbonyl (C=O) groups excluding carboxylic acids is 1. The average molecular weight is 310 g/mol. The molecular formula is C19H15FO3. The Kier molecular flexibility index (Phi) is 5.54. The van der Waals surface area contributed by atoms with Crippen molar-refractivity contribution in [3.63, 3.8) is 0 Å². The number of allylic oxidation sites excluding steroid dienone is 1. The molecule has 0 spiro atoms. The zero-order chi connectivity index (χ0) is 16.7. The van der Waals surface area contributed by atoms with Crippen LogP contribution in [-0.2, 0) is 0 Å². The highest BCUT2D eigenvalue weighted by Gasteiger charge is 2.09. The van der Waals surface area contributed by atoms with E-state index in [0.717, 1.165) is 5.56 Å². The molecule has 0 radical (unpaired) electrons. The predicted molar refractivity (Wildman–Crippen MR) is 87.1 cm³/mol. The van der Waals surface area contributed by atoms with Gasteiger partial charge in [-0.2, -0.15) is 0 Å². The van der Waals surface area contributed by atoms with Gasteiger partial charge in [-0.25, -0.2) is 4.39 Å². The molecule has 0 unspecified atom stereocenters. The minimum atomic E-state index is -0.319. The standard InChI is InChI=1S/C19H15FO3/c1-3-12-23-18-11-7-15(13-19(18)22-2)17(21)10-6-14-4-8-16(20)9-5-14/h1,4-11,13H,12H2,2H3/b10-6+. The van der Waals surface area contributed by atoms with Crippen molar-refractivity contribution in [2.45, 2.75) is 0 Å². The first-order valence-corrected chi connectivity index (χ1v) is 6.86. The summed E-state index contributed by atoms with van der Waals surface area (Å²) in [5.74, 6) is 2.76. The molecule has 0 fully saturated rings. The van der Waals surface area contributed by atoms with Gasteiger partial charge in [0.05, 0.1) is 7.11 Å². The number of ether oxygens (including phenoxy) is 2. The Labute approximate surface area is 134 Å². The Hall–Kier alpha value is -3.06. The van der Waals surface area contributed by atoms with Crippen molar-refractivity contribution in [1.29, 1.82) is 0 Å².